The van der Waals surface area contributed by atoms with E-state index in [-0.39, 0.29) is 11.5 Å². The summed E-state index contributed by atoms with van der Waals surface area (Å²) in [6.45, 7) is 0.859. The number of rotatable bonds is 6. The van der Waals surface area contributed by atoms with Gasteiger partial charge >= 0.3 is 5.69 Å². The zero-order valence-corrected chi connectivity index (χ0v) is 8.77. The lowest BCUT2D eigenvalue weighted by Gasteiger charge is -2.07. The van der Waals surface area contributed by atoms with Crippen molar-refractivity contribution in [2.24, 2.45) is 5.84 Å². The van der Waals surface area contributed by atoms with Crippen LogP contribution in [0.25, 0.3) is 0 Å². The first-order valence-electron chi connectivity index (χ1n) is 4.54. The first-order chi connectivity index (χ1) is 7.69. The van der Waals surface area contributed by atoms with E-state index >= 15 is 0 Å². The van der Waals surface area contributed by atoms with Gasteiger partial charge in [-0.05, 0) is 6.07 Å². The lowest BCUT2D eigenvalue weighted by atomic mass is 10.3. The third kappa shape index (κ3) is 3.04. The second-order valence-electron chi connectivity index (χ2n) is 2.89. The molecular weight excluding hydrogens is 214 g/mol. The van der Waals surface area contributed by atoms with Gasteiger partial charge in [-0.15, -0.1) is 0 Å². The quantitative estimate of drug-likeness (QED) is 0.277. The van der Waals surface area contributed by atoms with E-state index < -0.39 is 4.92 Å². The number of nitrogens with one attached hydrogen (secondary N) is 2. The lowest BCUT2D eigenvalue weighted by molar-refractivity contribution is -0.384. The minimum absolute atomic E-state index is 0.102. The van der Waals surface area contributed by atoms with Crippen molar-refractivity contribution < 1.29 is 9.66 Å². The molecule has 0 spiro atoms. The molecule has 1 rings (SSSR count). The minimum Gasteiger partial charge on any atom is -0.383 e. The molecule has 0 aliphatic heterocycles. The molecule has 1 heterocycles. The van der Waals surface area contributed by atoms with Crippen molar-refractivity contribution in [3.05, 3.63) is 22.2 Å². The van der Waals surface area contributed by atoms with Crippen LogP contribution in [-0.4, -0.2) is 30.2 Å². The van der Waals surface area contributed by atoms with Crippen LogP contribution in [0.1, 0.15) is 0 Å². The van der Waals surface area contributed by atoms with E-state index in [1.165, 1.54) is 12.1 Å². The number of hydrogen-bond donors (Lipinski definition) is 3. The summed E-state index contributed by atoms with van der Waals surface area (Å²) in [6.07, 6.45) is 0. The van der Waals surface area contributed by atoms with Gasteiger partial charge in [-0.2, -0.15) is 0 Å². The van der Waals surface area contributed by atoms with Gasteiger partial charge in [0.25, 0.3) is 0 Å². The largest absolute Gasteiger partial charge is 0.383 e. The topological polar surface area (TPSA) is 115 Å². The number of anilines is 2. The molecule has 0 aliphatic rings. The Hall–Kier alpha value is -1.93. The highest BCUT2D eigenvalue weighted by molar-refractivity contribution is 5.59. The number of ether oxygens (including phenoxy) is 1. The predicted octanol–water partition coefficient (Wildman–Crippen LogP) is 0.334. The summed E-state index contributed by atoms with van der Waals surface area (Å²) < 4.78 is 4.82. The number of nitrogen functional groups attached to an aromatic ring is 1. The molecule has 0 radical (unpaired) electrons. The fourth-order valence-electron chi connectivity index (χ4n) is 1.08. The third-order valence-electron chi connectivity index (χ3n) is 1.82. The molecule has 0 saturated carbocycles. The number of pyridine rings is 1. The van der Waals surface area contributed by atoms with Crippen molar-refractivity contribution in [2.75, 3.05) is 31.0 Å². The summed E-state index contributed by atoms with van der Waals surface area (Å²) in [5.41, 5.74) is 2.22. The van der Waals surface area contributed by atoms with Crippen LogP contribution < -0.4 is 16.6 Å². The Labute approximate surface area is 91.9 Å². The molecule has 0 fully saturated rings. The number of nitro groups is 1. The van der Waals surface area contributed by atoms with Crippen molar-refractivity contribution >= 4 is 17.3 Å². The average molecular weight is 227 g/mol. The van der Waals surface area contributed by atoms with E-state index in [2.05, 4.69) is 15.7 Å². The Balaban J connectivity index is 2.87. The van der Waals surface area contributed by atoms with Crippen LogP contribution in [0.5, 0.6) is 0 Å². The zero-order valence-electron chi connectivity index (χ0n) is 8.77. The SMILES string of the molecule is COCCNc1nc(NN)ccc1[N+](=O)[O-]. The van der Waals surface area contributed by atoms with Gasteiger partial charge in [0.05, 0.1) is 11.5 Å². The van der Waals surface area contributed by atoms with Crippen LogP contribution in [0.2, 0.25) is 0 Å². The van der Waals surface area contributed by atoms with E-state index in [0.29, 0.717) is 19.0 Å². The molecule has 1 aromatic rings. The maximum atomic E-state index is 10.7. The van der Waals surface area contributed by atoms with Gasteiger partial charge < -0.3 is 15.5 Å². The summed E-state index contributed by atoms with van der Waals surface area (Å²) in [5, 5.41) is 13.5. The molecule has 0 bridgehead atoms. The number of aromatic nitrogens is 1. The normalized spacial score (nSPS) is 9.88. The highest BCUT2D eigenvalue weighted by Crippen LogP contribution is 2.23. The smallest absolute Gasteiger partial charge is 0.311 e. The molecule has 0 unspecified atom stereocenters. The molecule has 8 nitrogen and oxygen atoms in total. The first-order valence-corrected chi connectivity index (χ1v) is 4.54. The Kier molecular flexibility index (Phi) is 4.42. The van der Waals surface area contributed by atoms with Crippen molar-refractivity contribution in [3.63, 3.8) is 0 Å². The average Bonchev–Trinajstić information content (AvgIpc) is 2.29. The van der Waals surface area contributed by atoms with Gasteiger partial charge in [0.2, 0.25) is 5.82 Å². The first kappa shape index (κ1) is 12.1. The maximum absolute atomic E-state index is 10.7. The summed E-state index contributed by atoms with van der Waals surface area (Å²) >= 11 is 0. The maximum Gasteiger partial charge on any atom is 0.311 e. The molecule has 8 heteroatoms. The van der Waals surface area contributed by atoms with Crippen LogP contribution >= 0.6 is 0 Å². The molecule has 0 aliphatic carbocycles. The van der Waals surface area contributed by atoms with Gasteiger partial charge in [-0.3, -0.25) is 10.1 Å². The van der Waals surface area contributed by atoms with Gasteiger partial charge in [-0.25, -0.2) is 10.8 Å². The van der Waals surface area contributed by atoms with Gasteiger partial charge in [0.1, 0.15) is 5.82 Å². The zero-order chi connectivity index (χ0) is 12.0. The van der Waals surface area contributed by atoms with Gasteiger partial charge in [0, 0.05) is 19.7 Å². The fraction of sp³-hybridized carbons (Fsp3) is 0.375. The van der Waals surface area contributed by atoms with Crippen LogP contribution in [0.15, 0.2) is 12.1 Å². The number of methoxy groups -OCH3 is 1. The molecule has 16 heavy (non-hydrogen) atoms. The summed E-state index contributed by atoms with van der Waals surface area (Å²) in [4.78, 5) is 14.1. The molecule has 0 aromatic carbocycles. The summed E-state index contributed by atoms with van der Waals surface area (Å²) in [7, 11) is 1.54. The van der Waals surface area contributed by atoms with E-state index in [1.54, 1.807) is 7.11 Å². The van der Waals surface area contributed by atoms with E-state index in [1.807, 2.05) is 0 Å². The molecular formula is C8H13N5O3. The minimum atomic E-state index is -0.511. The van der Waals surface area contributed by atoms with Crippen molar-refractivity contribution in [1.29, 1.82) is 0 Å². The van der Waals surface area contributed by atoms with Crippen LogP contribution in [-0.2, 0) is 4.74 Å². The lowest BCUT2D eigenvalue weighted by Crippen LogP contribution is -2.13. The summed E-state index contributed by atoms with van der Waals surface area (Å²) in [5.74, 6) is 5.68. The molecule has 4 N–H and O–H groups in total. The van der Waals surface area contributed by atoms with Crippen molar-refractivity contribution in [2.45, 2.75) is 0 Å². The molecule has 1 aromatic heterocycles. The van der Waals surface area contributed by atoms with Crippen molar-refractivity contribution in [3.8, 4) is 0 Å². The Bertz CT molecular complexity index is 371. The third-order valence-corrected chi connectivity index (χ3v) is 1.82. The van der Waals surface area contributed by atoms with E-state index in [9.17, 15) is 10.1 Å². The standard InChI is InChI=1S/C8H13N5O3/c1-16-5-4-10-8-6(13(14)15)2-3-7(11-8)12-9/h2-3H,4-5,9H2,1H3,(H2,10,11,12). The Morgan fingerprint density at radius 3 is 2.94 bits per heavy atom. The number of nitrogens with two attached hydrogens (primary N) is 1. The second kappa shape index (κ2) is 5.83. The van der Waals surface area contributed by atoms with E-state index in [0.717, 1.165) is 0 Å². The monoisotopic (exact) mass is 227 g/mol. The van der Waals surface area contributed by atoms with Crippen LogP contribution in [0.3, 0.4) is 0 Å². The molecule has 0 amide bonds. The fourth-order valence-corrected chi connectivity index (χ4v) is 1.08. The van der Waals surface area contributed by atoms with Crippen LogP contribution in [0.4, 0.5) is 17.3 Å². The molecule has 0 saturated heterocycles. The Morgan fingerprint density at radius 1 is 1.62 bits per heavy atom. The van der Waals surface area contributed by atoms with Gasteiger partial charge in [-0.1, -0.05) is 0 Å². The van der Waals surface area contributed by atoms with Crippen molar-refractivity contribution in [1.82, 2.24) is 4.98 Å². The van der Waals surface area contributed by atoms with Gasteiger partial charge in [0.15, 0.2) is 0 Å². The van der Waals surface area contributed by atoms with E-state index in [4.69, 9.17) is 10.6 Å². The number of nitrogens with zero attached hydrogens (tertiary/aromatic N) is 2. The highest BCUT2D eigenvalue weighted by atomic mass is 16.6. The predicted molar refractivity (Wildman–Crippen MR) is 59.1 cm³/mol. The molecule has 0 atom stereocenters. The van der Waals surface area contributed by atoms with Crippen LogP contribution in [0, 0.1) is 10.1 Å². The second-order valence-corrected chi connectivity index (χ2v) is 2.89. The Morgan fingerprint density at radius 2 is 2.38 bits per heavy atom. The molecule has 88 valence electrons. The summed E-state index contributed by atoms with van der Waals surface area (Å²) in [6, 6.07) is 2.76. The number of hydrazine groups is 1. The number of hydrogen-bond acceptors (Lipinski definition) is 7. The highest BCUT2D eigenvalue weighted by Gasteiger charge is 2.15.